The van der Waals surface area contributed by atoms with Crippen LogP contribution >= 0.6 is 0 Å². The third-order valence-corrected chi connectivity index (χ3v) is 5.60. The molecule has 0 spiro atoms. The summed E-state index contributed by atoms with van der Waals surface area (Å²) in [5.74, 6) is -4.34. The van der Waals surface area contributed by atoms with Crippen LogP contribution in [0.1, 0.15) is 10.4 Å². The first-order valence-electron chi connectivity index (χ1n) is 9.03. The second-order valence-corrected chi connectivity index (χ2v) is 7.10. The van der Waals surface area contributed by atoms with E-state index < -0.39 is 41.6 Å². The van der Waals surface area contributed by atoms with Gasteiger partial charge in [-0.3, -0.25) is 19.2 Å². The summed E-state index contributed by atoms with van der Waals surface area (Å²) in [6.45, 7) is 0. The molecule has 2 aromatic rings. The fourth-order valence-electron chi connectivity index (χ4n) is 4.34. The summed E-state index contributed by atoms with van der Waals surface area (Å²) in [5.41, 5.74) is 1.17. The Bertz CT molecular complexity index is 1040. The highest BCUT2D eigenvalue weighted by molar-refractivity contribution is 6.25. The molecular weight excluding hydrogens is 358 g/mol. The van der Waals surface area contributed by atoms with Gasteiger partial charge in [0.2, 0.25) is 11.8 Å². The minimum absolute atomic E-state index is 0.271. The molecule has 0 N–H and O–H groups in total. The fraction of sp³-hybridized carbons (Fsp3) is 0.182. The molecule has 2 saturated heterocycles. The van der Waals surface area contributed by atoms with Crippen molar-refractivity contribution in [2.75, 3.05) is 4.90 Å². The number of carbonyl (C=O) groups excluding carboxylic acids is 4. The molecule has 4 aliphatic rings. The van der Waals surface area contributed by atoms with Crippen LogP contribution in [-0.4, -0.2) is 29.7 Å². The van der Waals surface area contributed by atoms with Crippen molar-refractivity contribution in [3.8, 4) is 0 Å². The predicted octanol–water partition coefficient (Wildman–Crippen LogP) is 2.16. The lowest BCUT2D eigenvalue weighted by Crippen LogP contribution is -2.52. The fourth-order valence-corrected chi connectivity index (χ4v) is 4.34. The van der Waals surface area contributed by atoms with E-state index in [2.05, 4.69) is 0 Å². The lowest BCUT2D eigenvalue weighted by molar-refractivity contribution is -0.169. The van der Waals surface area contributed by atoms with Crippen LogP contribution < -0.4 is 4.90 Å². The van der Waals surface area contributed by atoms with Gasteiger partial charge in [0.05, 0.1) is 23.4 Å². The zero-order valence-corrected chi connectivity index (χ0v) is 14.6. The zero-order valence-electron chi connectivity index (χ0n) is 14.6. The van der Waals surface area contributed by atoms with Crippen molar-refractivity contribution in [3.05, 3.63) is 77.9 Å². The summed E-state index contributed by atoms with van der Waals surface area (Å²) in [4.78, 5) is 52.5. The average molecular weight is 373 g/mol. The number of carbonyl (C=O) groups is 4. The lowest BCUT2D eigenvalue weighted by Gasteiger charge is -2.40. The number of ketones is 1. The van der Waals surface area contributed by atoms with E-state index in [9.17, 15) is 19.2 Å². The van der Waals surface area contributed by atoms with Crippen LogP contribution in [0, 0.1) is 17.8 Å². The highest BCUT2D eigenvalue weighted by atomic mass is 16.5. The number of esters is 1. The molecular formula is C22H15NO5. The molecule has 2 amide bonds. The second kappa shape index (κ2) is 5.99. The normalized spacial score (nSPS) is 28.1. The molecule has 0 radical (unpaired) electrons. The number of nitrogens with zero attached hydrogens (tertiary/aromatic N) is 1. The van der Waals surface area contributed by atoms with E-state index >= 15 is 0 Å². The summed E-state index contributed by atoms with van der Waals surface area (Å²) in [5, 5.41) is 0. The van der Waals surface area contributed by atoms with E-state index in [0.717, 1.165) is 4.90 Å². The molecule has 6 rings (SSSR count). The number of hydrogen-bond donors (Lipinski definition) is 0. The number of fused-ring (bicyclic) bond motifs is 1. The van der Waals surface area contributed by atoms with Gasteiger partial charge in [0, 0.05) is 11.1 Å². The SMILES string of the molecule is O=C(C1=CC2C(=O)OC1C1C(=O)N(c3ccccc3)C(=O)C21)c1ccccc1. The van der Waals surface area contributed by atoms with Gasteiger partial charge in [-0.05, 0) is 12.1 Å². The summed E-state index contributed by atoms with van der Waals surface area (Å²) < 4.78 is 5.43. The Labute approximate surface area is 160 Å². The highest BCUT2D eigenvalue weighted by Gasteiger charge is 2.63. The van der Waals surface area contributed by atoms with Crippen molar-refractivity contribution in [1.29, 1.82) is 0 Å². The van der Waals surface area contributed by atoms with E-state index in [4.69, 9.17) is 4.74 Å². The van der Waals surface area contributed by atoms with Gasteiger partial charge < -0.3 is 4.74 Å². The molecule has 3 heterocycles. The third-order valence-electron chi connectivity index (χ3n) is 5.60. The summed E-state index contributed by atoms with van der Waals surface area (Å²) in [6, 6.07) is 17.2. The van der Waals surface area contributed by atoms with Crippen molar-refractivity contribution in [1.82, 2.24) is 0 Å². The van der Waals surface area contributed by atoms with Crippen LogP contribution in [0.4, 0.5) is 5.69 Å². The Morgan fingerprint density at radius 1 is 0.821 bits per heavy atom. The average Bonchev–Trinajstić information content (AvgIpc) is 3.01. The maximum atomic E-state index is 13.1. The van der Waals surface area contributed by atoms with E-state index in [1.54, 1.807) is 60.7 Å². The molecule has 2 fully saturated rings. The van der Waals surface area contributed by atoms with Crippen LogP contribution in [0.25, 0.3) is 0 Å². The first-order valence-corrected chi connectivity index (χ1v) is 9.03. The second-order valence-electron chi connectivity index (χ2n) is 7.10. The van der Waals surface area contributed by atoms with Gasteiger partial charge in [-0.2, -0.15) is 0 Å². The van der Waals surface area contributed by atoms with Crippen molar-refractivity contribution >= 4 is 29.3 Å². The molecule has 138 valence electrons. The maximum Gasteiger partial charge on any atom is 0.314 e. The Morgan fingerprint density at radius 3 is 2.11 bits per heavy atom. The largest absolute Gasteiger partial charge is 0.456 e. The van der Waals surface area contributed by atoms with Crippen LogP contribution in [0.5, 0.6) is 0 Å². The van der Waals surface area contributed by atoms with Crippen LogP contribution in [0.15, 0.2) is 72.3 Å². The summed E-state index contributed by atoms with van der Waals surface area (Å²) >= 11 is 0. The number of anilines is 1. The molecule has 1 aliphatic carbocycles. The molecule has 4 atom stereocenters. The topological polar surface area (TPSA) is 80.8 Å². The number of amides is 2. The number of hydrogen-bond acceptors (Lipinski definition) is 5. The van der Waals surface area contributed by atoms with Crippen molar-refractivity contribution in [2.24, 2.45) is 17.8 Å². The van der Waals surface area contributed by atoms with Gasteiger partial charge in [-0.25, -0.2) is 4.90 Å². The van der Waals surface area contributed by atoms with Crippen LogP contribution in [0.3, 0.4) is 0 Å². The number of benzene rings is 2. The Kier molecular flexibility index (Phi) is 3.55. The number of Topliss-reactive ketones (excluding diaryl/α,β-unsaturated/α-hetero) is 1. The molecule has 3 aliphatic heterocycles. The molecule has 6 nitrogen and oxygen atoms in total. The molecule has 28 heavy (non-hydrogen) atoms. The number of ether oxygens (including phenoxy) is 1. The quantitative estimate of drug-likeness (QED) is 0.468. The smallest absolute Gasteiger partial charge is 0.314 e. The van der Waals surface area contributed by atoms with Gasteiger partial charge in [0.1, 0.15) is 6.10 Å². The van der Waals surface area contributed by atoms with Gasteiger partial charge in [-0.15, -0.1) is 0 Å². The molecule has 6 heteroatoms. The minimum atomic E-state index is -1.04. The first kappa shape index (κ1) is 16.6. The number of rotatable bonds is 3. The highest BCUT2D eigenvalue weighted by Crippen LogP contribution is 2.48. The number of para-hydroxylation sites is 1. The van der Waals surface area contributed by atoms with Gasteiger partial charge in [-0.1, -0.05) is 54.6 Å². The third kappa shape index (κ3) is 2.21. The molecule has 0 saturated carbocycles. The lowest BCUT2D eigenvalue weighted by atomic mass is 9.69. The number of imide groups is 1. The van der Waals surface area contributed by atoms with Crippen LogP contribution in [-0.2, 0) is 19.1 Å². The van der Waals surface area contributed by atoms with E-state index in [0.29, 0.717) is 11.3 Å². The monoisotopic (exact) mass is 373 g/mol. The zero-order chi connectivity index (χ0) is 19.4. The van der Waals surface area contributed by atoms with E-state index in [-0.39, 0.29) is 11.4 Å². The predicted molar refractivity (Wildman–Crippen MR) is 98.1 cm³/mol. The van der Waals surface area contributed by atoms with Crippen molar-refractivity contribution in [3.63, 3.8) is 0 Å². The van der Waals surface area contributed by atoms with E-state index in [1.807, 2.05) is 0 Å². The Hall–Kier alpha value is -3.54. The summed E-state index contributed by atoms with van der Waals surface area (Å²) in [7, 11) is 0. The van der Waals surface area contributed by atoms with E-state index in [1.165, 1.54) is 6.08 Å². The maximum absolute atomic E-state index is 13.1. The molecule has 2 bridgehead atoms. The van der Waals surface area contributed by atoms with Crippen molar-refractivity contribution < 1.29 is 23.9 Å². The summed E-state index contributed by atoms with van der Waals surface area (Å²) in [6.07, 6.45) is 0.479. The van der Waals surface area contributed by atoms with Gasteiger partial charge in [0.15, 0.2) is 5.78 Å². The standard InChI is InChI=1S/C22H15NO5/c24-18(12-7-3-1-4-8-12)15-11-14-16-17(19(15)28-22(14)27)21(26)23(20(16)25)13-9-5-2-6-10-13/h1-11,14,16-17,19H. The van der Waals surface area contributed by atoms with Gasteiger partial charge >= 0.3 is 5.97 Å². The minimum Gasteiger partial charge on any atom is -0.456 e. The van der Waals surface area contributed by atoms with Gasteiger partial charge in [0.25, 0.3) is 0 Å². The van der Waals surface area contributed by atoms with Crippen molar-refractivity contribution in [2.45, 2.75) is 6.10 Å². The Morgan fingerprint density at radius 2 is 1.43 bits per heavy atom. The van der Waals surface area contributed by atoms with Crippen LogP contribution in [0.2, 0.25) is 0 Å². The molecule has 2 aromatic carbocycles. The first-order chi connectivity index (χ1) is 13.6. The molecule has 0 aromatic heterocycles. The molecule has 4 unspecified atom stereocenters. The Balaban J connectivity index is 1.56.